The molecule has 0 saturated heterocycles. The third-order valence-corrected chi connectivity index (χ3v) is 3.39. The van der Waals surface area contributed by atoms with E-state index in [2.05, 4.69) is 26.1 Å². The second-order valence-electron chi connectivity index (χ2n) is 4.67. The van der Waals surface area contributed by atoms with Gasteiger partial charge in [0, 0.05) is 12.6 Å². The minimum Gasteiger partial charge on any atom is -0.478 e. The molecule has 2 atom stereocenters. The second-order valence-corrected chi connectivity index (χ2v) is 4.67. The van der Waals surface area contributed by atoms with E-state index in [1.165, 1.54) is 12.1 Å². The van der Waals surface area contributed by atoms with E-state index in [1.807, 2.05) is 0 Å². The van der Waals surface area contributed by atoms with Gasteiger partial charge in [0.1, 0.15) is 5.82 Å². The molecule has 18 heavy (non-hydrogen) atoms. The Bertz CT molecular complexity index is 420. The van der Waals surface area contributed by atoms with E-state index in [4.69, 9.17) is 5.11 Å². The van der Waals surface area contributed by atoms with Gasteiger partial charge in [-0.2, -0.15) is 0 Å². The van der Waals surface area contributed by atoms with E-state index < -0.39 is 11.8 Å². The molecule has 1 rings (SSSR count). The summed E-state index contributed by atoms with van der Waals surface area (Å²) < 4.78 is 13.4. The van der Waals surface area contributed by atoms with Crippen molar-refractivity contribution in [2.75, 3.05) is 0 Å². The molecule has 0 radical (unpaired) electrons. The minimum absolute atomic E-state index is 0.284. The molecule has 0 bridgehead atoms. The normalized spacial score (nSPS) is 14.2. The van der Waals surface area contributed by atoms with E-state index in [9.17, 15) is 9.18 Å². The highest BCUT2D eigenvalue weighted by atomic mass is 19.1. The monoisotopic (exact) mass is 253 g/mol. The van der Waals surface area contributed by atoms with Crippen LogP contribution in [0.2, 0.25) is 0 Å². The van der Waals surface area contributed by atoms with Crippen LogP contribution in [-0.2, 0) is 6.54 Å². The first-order valence-corrected chi connectivity index (χ1v) is 6.20. The summed E-state index contributed by atoms with van der Waals surface area (Å²) in [5.74, 6) is -1.37. The zero-order chi connectivity index (χ0) is 13.7. The Balaban J connectivity index is 2.64. The summed E-state index contributed by atoms with van der Waals surface area (Å²) in [4.78, 5) is 10.7. The topological polar surface area (TPSA) is 49.3 Å². The third kappa shape index (κ3) is 3.81. The SMILES string of the molecule is CCC(C)C(C)NCc1ccc(C(=O)O)c(F)c1. The van der Waals surface area contributed by atoms with Crippen molar-refractivity contribution in [3.63, 3.8) is 0 Å². The van der Waals surface area contributed by atoms with Gasteiger partial charge in [-0.3, -0.25) is 0 Å². The lowest BCUT2D eigenvalue weighted by molar-refractivity contribution is 0.0692. The van der Waals surface area contributed by atoms with Gasteiger partial charge < -0.3 is 10.4 Å². The van der Waals surface area contributed by atoms with Crippen molar-refractivity contribution in [2.45, 2.75) is 39.8 Å². The molecule has 1 aromatic rings. The molecule has 0 aromatic heterocycles. The van der Waals surface area contributed by atoms with Crippen molar-refractivity contribution in [1.29, 1.82) is 0 Å². The molecule has 0 aliphatic carbocycles. The standard InChI is InChI=1S/C14H20FNO2/c1-4-9(2)10(3)16-8-11-5-6-12(14(17)18)13(15)7-11/h5-7,9-10,16H,4,8H2,1-3H3,(H,17,18). The molecule has 0 saturated carbocycles. The molecular formula is C14H20FNO2. The molecule has 0 aliphatic heterocycles. The van der Waals surface area contributed by atoms with E-state index in [-0.39, 0.29) is 5.56 Å². The van der Waals surface area contributed by atoms with Gasteiger partial charge in [-0.05, 0) is 30.5 Å². The number of hydrogen-bond acceptors (Lipinski definition) is 2. The zero-order valence-electron chi connectivity index (χ0n) is 11.0. The van der Waals surface area contributed by atoms with Gasteiger partial charge in [0.05, 0.1) is 5.56 Å². The highest BCUT2D eigenvalue weighted by Crippen LogP contribution is 2.12. The maximum absolute atomic E-state index is 13.4. The van der Waals surface area contributed by atoms with Crippen LogP contribution in [0.5, 0.6) is 0 Å². The Morgan fingerprint density at radius 3 is 2.61 bits per heavy atom. The van der Waals surface area contributed by atoms with Gasteiger partial charge >= 0.3 is 5.97 Å². The molecule has 2 N–H and O–H groups in total. The number of aromatic carboxylic acids is 1. The number of halogens is 1. The lowest BCUT2D eigenvalue weighted by Gasteiger charge is -2.20. The maximum atomic E-state index is 13.4. The average molecular weight is 253 g/mol. The highest BCUT2D eigenvalue weighted by Gasteiger charge is 2.12. The molecule has 4 heteroatoms. The summed E-state index contributed by atoms with van der Waals surface area (Å²) in [6, 6.07) is 4.57. The summed E-state index contributed by atoms with van der Waals surface area (Å²) in [6.07, 6.45) is 1.08. The Morgan fingerprint density at radius 2 is 2.11 bits per heavy atom. The fourth-order valence-electron chi connectivity index (χ4n) is 1.68. The zero-order valence-corrected chi connectivity index (χ0v) is 11.0. The van der Waals surface area contributed by atoms with Crippen LogP contribution in [0.25, 0.3) is 0 Å². The number of rotatable bonds is 6. The van der Waals surface area contributed by atoms with Crippen LogP contribution in [0.15, 0.2) is 18.2 Å². The van der Waals surface area contributed by atoms with Crippen molar-refractivity contribution in [2.24, 2.45) is 5.92 Å². The van der Waals surface area contributed by atoms with Gasteiger partial charge in [-0.25, -0.2) is 9.18 Å². The van der Waals surface area contributed by atoms with Gasteiger partial charge in [0.15, 0.2) is 0 Å². The van der Waals surface area contributed by atoms with Crippen LogP contribution in [0.1, 0.15) is 43.1 Å². The lowest BCUT2D eigenvalue weighted by atomic mass is 10.0. The van der Waals surface area contributed by atoms with Crippen molar-refractivity contribution < 1.29 is 14.3 Å². The minimum atomic E-state index is -1.24. The maximum Gasteiger partial charge on any atom is 0.338 e. The van der Waals surface area contributed by atoms with E-state index in [0.717, 1.165) is 12.0 Å². The Kier molecular flexibility index (Phi) is 5.28. The molecule has 2 unspecified atom stereocenters. The number of carbonyl (C=O) groups is 1. The first-order valence-electron chi connectivity index (χ1n) is 6.20. The first-order chi connectivity index (χ1) is 8.45. The van der Waals surface area contributed by atoms with Crippen molar-refractivity contribution >= 4 is 5.97 Å². The Hall–Kier alpha value is -1.42. The van der Waals surface area contributed by atoms with Gasteiger partial charge in [0.2, 0.25) is 0 Å². The summed E-state index contributed by atoms with van der Waals surface area (Å²) in [7, 11) is 0. The van der Waals surface area contributed by atoms with Crippen LogP contribution in [-0.4, -0.2) is 17.1 Å². The smallest absolute Gasteiger partial charge is 0.338 e. The lowest BCUT2D eigenvalue weighted by Crippen LogP contribution is -2.31. The quantitative estimate of drug-likeness (QED) is 0.819. The molecule has 1 aromatic carbocycles. The highest BCUT2D eigenvalue weighted by molar-refractivity contribution is 5.87. The fourth-order valence-corrected chi connectivity index (χ4v) is 1.68. The predicted molar refractivity (Wildman–Crippen MR) is 69.1 cm³/mol. The number of benzene rings is 1. The van der Waals surface area contributed by atoms with E-state index in [0.29, 0.717) is 18.5 Å². The number of nitrogens with one attached hydrogen (secondary N) is 1. The van der Waals surface area contributed by atoms with E-state index in [1.54, 1.807) is 6.07 Å². The van der Waals surface area contributed by atoms with Gasteiger partial charge in [0.25, 0.3) is 0 Å². The van der Waals surface area contributed by atoms with Crippen LogP contribution in [0.4, 0.5) is 4.39 Å². The summed E-state index contributed by atoms with van der Waals surface area (Å²) in [5, 5.41) is 12.0. The summed E-state index contributed by atoms with van der Waals surface area (Å²) >= 11 is 0. The van der Waals surface area contributed by atoms with Crippen molar-refractivity contribution in [1.82, 2.24) is 5.32 Å². The average Bonchev–Trinajstić information content (AvgIpc) is 2.34. The van der Waals surface area contributed by atoms with Crippen LogP contribution in [0, 0.1) is 11.7 Å². The second kappa shape index (κ2) is 6.50. The molecule has 0 amide bonds. The molecular weight excluding hydrogens is 233 g/mol. The number of hydrogen-bond donors (Lipinski definition) is 2. The molecule has 0 spiro atoms. The first kappa shape index (κ1) is 14.6. The Labute approximate surface area is 107 Å². The van der Waals surface area contributed by atoms with Crippen molar-refractivity contribution in [3.8, 4) is 0 Å². The van der Waals surface area contributed by atoms with Crippen molar-refractivity contribution in [3.05, 3.63) is 35.1 Å². The Morgan fingerprint density at radius 1 is 1.44 bits per heavy atom. The fraction of sp³-hybridized carbons (Fsp3) is 0.500. The van der Waals surface area contributed by atoms with Crippen LogP contribution < -0.4 is 5.32 Å². The summed E-state index contributed by atoms with van der Waals surface area (Å²) in [6.45, 7) is 6.93. The third-order valence-electron chi connectivity index (χ3n) is 3.39. The molecule has 0 aliphatic rings. The summed E-state index contributed by atoms with van der Waals surface area (Å²) in [5.41, 5.74) is 0.473. The predicted octanol–water partition coefficient (Wildman–Crippen LogP) is 3.05. The van der Waals surface area contributed by atoms with Gasteiger partial charge in [-0.15, -0.1) is 0 Å². The molecule has 0 heterocycles. The molecule has 100 valence electrons. The number of carboxylic acids is 1. The van der Waals surface area contributed by atoms with Crippen LogP contribution >= 0.6 is 0 Å². The van der Waals surface area contributed by atoms with Gasteiger partial charge in [-0.1, -0.05) is 26.3 Å². The molecule has 0 fully saturated rings. The number of carboxylic acid groups (broad SMARTS) is 1. The molecule has 3 nitrogen and oxygen atoms in total. The largest absolute Gasteiger partial charge is 0.478 e. The van der Waals surface area contributed by atoms with Crippen LogP contribution in [0.3, 0.4) is 0 Å². The van der Waals surface area contributed by atoms with E-state index >= 15 is 0 Å².